The highest BCUT2D eigenvalue weighted by molar-refractivity contribution is 14.0. The number of hydrogen-bond donors (Lipinski definition) is 3. The molecule has 0 aliphatic rings. The summed E-state index contributed by atoms with van der Waals surface area (Å²) in [5.41, 5.74) is 1.76. The van der Waals surface area contributed by atoms with E-state index < -0.39 is 0 Å². The molecule has 2 rings (SSSR count). The van der Waals surface area contributed by atoms with E-state index in [1.807, 2.05) is 12.1 Å². The van der Waals surface area contributed by atoms with E-state index >= 15 is 0 Å². The molecule has 0 radical (unpaired) electrons. The van der Waals surface area contributed by atoms with Crippen LogP contribution in [0.25, 0.3) is 0 Å². The number of ether oxygens (including phenoxy) is 2. The molecule has 27 heavy (non-hydrogen) atoms. The van der Waals surface area contributed by atoms with Crippen molar-refractivity contribution in [3.8, 4) is 17.2 Å². The van der Waals surface area contributed by atoms with E-state index in [1.54, 1.807) is 45.5 Å². The number of rotatable bonds is 7. The van der Waals surface area contributed by atoms with Gasteiger partial charge in [-0.2, -0.15) is 0 Å². The molecule has 6 nitrogen and oxygen atoms in total. The largest absolute Gasteiger partial charge is 0.508 e. The summed E-state index contributed by atoms with van der Waals surface area (Å²) < 4.78 is 10.3. The Morgan fingerprint density at radius 1 is 1.04 bits per heavy atom. The van der Waals surface area contributed by atoms with E-state index in [0.29, 0.717) is 29.8 Å². The Hall–Kier alpha value is -1.87. The molecule has 2 aromatic rings. The molecule has 8 heteroatoms. The van der Waals surface area contributed by atoms with Crippen LogP contribution in [-0.2, 0) is 13.0 Å². The van der Waals surface area contributed by atoms with E-state index in [1.165, 1.54) is 0 Å². The van der Waals surface area contributed by atoms with Crippen molar-refractivity contribution in [3.05, 3.63) is 52.5 Å². The zero-order valence-corrected chi connectivity index (χ0v) is 18.7. The fourth-order valence-corrected chi connectivity index (χ4v) is 2.67. The summed E-state index contributed by atoms with van der Waals surface area (Å²) in [7, 11) is 4.90. The predicted octanol–water partition coefficient (Wildman–Crippen LogP) is 3.59. The van der Waals surface area contributed by atoms with Crippen molar-refractivity contribution in [1.82, 2.24) is 10.6 Å². The summed E-state index contributed by atoms with van der Waals surface area (Å²) in [6, 6.07) is 10.7. The lowest BCUT2D eigenvalue weighted by molar-refractivity contribution is 0.410. The third-order valence-corrected chi connectivity index (χ3v) is 4.26. The van der Waals surface area contributed by atoms with Crippen molar-refractivity contribution in [3.63, 3.8) is 0 Å². The predicted molar refractivity (Wildman–Crippen MR) is 120 cm³/mol. The smallest absolute Gasteiger partial charge is 0.191 e. The highest BCUT2D eigenvalue weighted by atomic mass is 127. The SMILES string of the molecule is CN=C(NCCc1ccc(OC)cc1Cl)NCc1cc(OC)ccc1O.I. The van der Waals surface area contributed by atoms with Gasteiger partial charge >= 0.3 is 0 Å². The number of phenols is 1. The Labute approximate surface area is 182 Å². The summed E-state index contributed by atoms with van der Waals surface area (Å²) in [6.07, 6.45) is 0.744. The van der Waals surface area contributed by atoms with Crippen molar-refractivity contribution in [2.75, 3.05) is 27.8 Å². The molecular formula is C19H25ClIN3O3. The van der Waals surface area contributed by atoms with Crippen molar-refractivity contribution < 1.29 is 14.6 Å². The van der Waals surface area contributed by atoms with Crippen LogP contribution in [0.5, 0.6) is 17.2 Å². The van der Waals surface area contributed by atoms with Crippen molar-refractivity contribution >= 4 is 41.5 Å². The highest BCUT2D eigenvalue weighted by Crippen LogP contribution is 2.23. The normalized spacial score (nSPS) is 10.7. The number of nitrogens with one attached hydrogen (secondary N) is 2. The molecule has 0 aromatic heterocycles. The van der Waals surface area contributed by atoms with Gasteiger partial charge in [-0.25, -0.2) is 0 Å². The zero-order valence-electron chi connectivity index (χ0n) is 15.6. The first-order chi connectivity index (χ1) is 12.6. The third-order valence-electron chi connectivity index (χ3n) is 3.90. The van der Waals surface area contributed by atoms with Crippen LogP contribution in [0.1, 0.15) is 11.1 Å². The van der Waals surface area contributed by atoms with E-state index in [4.69, 9.17) is 21.1 Å². The first-order valence-corrected chi connectivity index (χ1v) is 8.58. The second kappa shape index (κ2) is 11.8. The number of aromatic hydroxyl groups is 1. The monoisotopic (exact) mass is 505 g/mol. The van der Waals surface area contributed by atoms with Crippen LogP contribution in [0, 0.1) is 0 Å². The van der Waals surface area contributed by atoms with Gasteiger partial charge in [-0.1, -0.05) is 17.7 Å². The van der Waals surface area contributed by atoms with Crippen LogP contribution in [0.4, 0.5) is 0 Å². The molecule has 0 aliphatic carbocycles. The van der Waals surface area contributed by atoms with Gasteiger partial charge in [0.1, 0.15) is 17.2 Å². The van der Waals surface area contributed by atoms with Gasteiger partial charge in [-0.05, 0) is 42.3 Å². The maximum Gasteiger partial charge on any atom is 0.191 e. The topological polar surface area (TPSA) is 75.1 Å². The number of nitrogens with zero attached hydrogens (tertiary/aromatic N) is 1. The van der Waals surface area contributed by atoms with Crippen molar-refractivity contribution in [2.45, 2.75) is 13.0 Å². The first kappa shape index (κ1) is 23.2. The van der Waals surface area contributed by atoms with Crippen LogP contribution in [-0.4, -0.2) is 38.9 Å². The molecule has 0 fully saturated rings. The summed E-state index contributed by atoms with van der Waals surface area (Å²) in [5.74, 6) is 2.27. The fourth-order valence-electron chi connectivity index (χ4n) is 2.40. The molecule has 0 saturated heterocycles. The van der Waals surface area contributed by atoms with Gasteiger partial charge in [0.25, 0.3) is 0 Å². The van der Waals surface area contributed by atoms with Crippen LogP contribution < -0.4 is 20.1 Å². The molecule has 2 aromatic carbocycles. The molecule has 0 atom stereocenters. The molecule has 0 saturated carbocycles. The minimum Gasteiger partial charge on any atom is -0.508 e. The Kier molecular flexibility index (Phi) is 10.1. The van der Waals surface area contributed by atoms with Crippen LogP contribution >= 0.6 is 35.6 Å². The van der Waals surface area contributed by atoms with E-state index in [0.717, 1.165) is 23.3 Å². The number of guanidine groups is 1. The second-order valence-electron chi connectivity index (χ2n) is 5.55. The van der Waals surface area contributed by atoms with Crippen LogP contribution in [0.2, 0.25) is 5.02 Å². The fraction of sp³-hybridized carbons (Fsp3) is 0.316. The molecule has 0 amide bonds. The summed E-state index contributed by atoms with van der Waals surface area (Å²) in [5, 5.41) is 17.0. The van der Waals surface area contributed by atoms with Gasteiger partial charge in [0.15, 0.2) is 5.96 Å². The quantitative estimate of drug-likeness (QED) is 0.305. The van der Waals surface area contributed by atoms with Gasteiger partial charge in [0, 0.05) is 30.7 Å². The van der Waals surface area contributed by atoms with Crippen molar-refractivity contribution in [1.29, 1.82) is 0 Å². The van der Waals surface area contributed by atoms with E-state index in [2.05, 4.69) is 15.6 Å². The summed E-state index contributed by atoms with van der Waals surface area (Å²) in [6.45, 7) is 1.09. The molecule has 0 spiro atoms. The molecular weight excluding hydrogens is 481 g/mol. The van der Waals surface area contributed by atoms with Gasteiger partial charge in [0.05, 0.1) is 14.2 Å². The van der Waals surface area contributed by atoms with E-state index in [9.17, 15) is 5.11 Å². The first-order valence-electron chi connectivity index (χ1n) is 8.20. The maximum absolute atomic E-state index is 9.93. The van der Waals surface area contributed by atoms with Gasteiger partial charge in [-0.3, -0.25) is 4.99 Å². The Bertz CT molecular complexity index is 772. The number of hydrogen-bond acceptors (Lipinski definition) is 4. The maximum atomic E-state index is 9.93. The van der Waals surface area contributed by atoms with Gasteiger partial charge < -0.3 is 25.2 Å². The highest BCUT2D eigenvalue weighted by Gasteiger charge is 2.06. The average molecular weight is 506 g/mol. The minimum atomic E-state index is 0. The standard InChI is InChI=1S/C19H24ClN3O3.HI/c1-21-19(23-12-14-10-15(25-2)6-7-18(14)24)22-9-8-13-4-5-16(26-3)11-17(13)20;/h4-7,10-11,24H,8-9,12H2,1-3H3,(H2,21,22,23);1H. The lowest BCUT2D eigenvalue weighted by Gasteiger charge is -2.14. The molecule has 148 valence electrons. The Morgan fingerprint density at radius 2 is 1.70 bits per heavy atom. The van der Waals surface area contributed by atoms with Crippen LogP contribution in [0.3, 0.4) is 0 Å². The lowest BCUT2D eigenvalue weighted by atomic mass is 10.1. The zero-order chi connectivity index (χ0) is 18.9. The summed E-state index contributed by atoms with van der Waals surface area (Å²) >= 11 is 6.25. The number of methoxy groups -OCH3 is 2. The average Bonchev–Trinajstić information content (AvgIpc) is 2.66. The van der Waals surface area contributed by atoms with Gasteiger partial charge in [0.2, 0.25) is 0 Å². The van der Waals surface area contributed by atoms with E-state index in [-0.39, 0.29) is 29.7 Å². The molecule has 0 bridgehead atoms. The minimum absolute atomic E-state index is 0. The Morgan fingerprint density at radius 3 is 2.33 bits per heavy atom. The second-order valence-corrected chi connectivity index (χ2v) is 5.96. The lowest BCUT2D eigenvalue weighted by Crippen LogP contribution is -2.37. The number of phenolic OH excluding ortho intramolecular Hbond substituents is 1. The number of aliphatic imine (C=N–C) groups is 1. The number of benzene rings is 2. The Balaban J connectivity index is 0.00000364. The number of halogens is 2. The molecule has 0 heterocycles. The summed E-state index contributed by atoms with van der Waals surface area (Å²) in [4.78, 5) is 4.18. The molecule has 0 unspecified atom stereocenters. The van der Waals surface area contributed by atoms with Crippen molar-refractivity contribution in [2.24, 2.45) is 4.99 Å². The molecule has 3 N–H and O–H groups in total. The van der Waals surface area contributed by atoms with Gasteiger partial charge in [-0.15, -0.1) is 24.0 Å². The third kappa shape index (κ3) is 6.99. The molecule has 0 aliphatic heterocycles. The van der Waals surface area contributed by atoms with Crippen LogP contribution in [0.15, 0.2) is 41.4 Å².